The molecule has 152 valence electrons. The Morgan fingerprint density at radius 3 is 2.37 bits per heavy atom. The van der Waals surface area contributed by atoms with Crippen LogP contribution in [0.25, 0.3) is 20.2 Å². The minimum Gasteiger partial charge on any atom is -0.139 e. The van der Waals surface area contributed by atoms with Crippen LogP contribution in [0.2, 0.25) is 0 Å². The average Bonchev–Trinajstić information content (AvgIpc) is 3.47. The van der Waals surface area contributed by atoms with Gasteiger partial charge in [-0.05, 0) is 66.1 Å². The zero-order chi connectivity index (χ0) is 19.8. The normalized spacial score (nSPS) is 27.5. The number of thiophene rings is 2. The fourth-order valence-corrected chi connectivity index (χ4v) is 10.5. The van der Waals surface area contributed by atoms with Crippen molar-refractivity contribution >= 4 is 42.8 Å². The van der Waals surface area contributed by atoms with Gasteiger partial charge < -0.3 is 0 Å². The summed E-state index contributed by atoms with van der Waals surface area (Å²) in [5.41, 5.74) is 2.45. The maximum absolute atomic E-state index is 2.58. The number of hydrogen-bond acceptors (Lipinski definition) is 2. The lowest BCUT2D eigenvalue weighted by Crippen LogP contribution is -2.44. The third-order valence-corrected chi connectivity index (χ3v) is 11.4. The predicted octanol–water partition coefficient (Wildman–Crippen LogP) is 8.81. The summed E-state index contributed by atoms with van der Waals surface area (Å²) in [6.07, 6.45) is 12.7. The second-order valence-electron chi connectivity index (χ2n) is 9.94. The van der Waals surface area contributed by atoms with E-state index in [4.69, 9.17) is 0 Å². The van der Waals surface area contributed by atoms with E-state index in [0.717, 1.165) is 5.92 Å². The summed E-state index contributed by atoms with van der Waals surface area (Å²) in [5, 5.41) is 3.02. The molecule has 0 N–H and O–H groups in total. The van der Waals surface area contributed by atoms with Gasteiger partial charge in [0.05, 0.1) is 0 Å². The van der Waals surface area contributed by atoms with Crippen molar-refractivity contribution in [3.8, 4) is 0 Å². The van der Waals surface area contributed by atoms with E-state index in [0.29, 0.717) is 5.41 Å². The van der Waals surface area contributed by atoms with Crippen molar-refractivity contribution < 1.29 is 0 Å². The molecule has 0 saturated heterocycles. The molecule has 2 fully saturated rings. The molecule has 1 spiro atoms. The lowest BCUT2D eigenvalue weighted by atomic mass is 9.56. The van der Waals surface area contributed by atoms with Gasteiger partial charge in [-0.15, -0.1) is 22.7 Å². The van der Waals surface area contributed by atoms with Crippen molar-refractivity contribution in [3.63, 3.8) is 0 Å². The lowest BCUT2D eigenvalue weighted by molar-refractivity contribution is 0.118. The molecule has 0 amide bonds. The molecule has 0 radical (unpaired) electrons. The Hall–Kier alpha value is -1.64. The number of hydrogen-bond donors (Lipinski definition) is 0. The zero-order valence-corrected chi connectivity index (χ0v) is 19.1. The van der Waals surface area contributed by atoms with E-state index in [-0.39, 0.29) is 5.41 Å². The molecule has 30 heavy (non-hydrogen) atoms. The smallest absolute Gasteiger partial charge is 0.0351 e. The molecular formula is C28H28S2. The van der Waals surface area contributed by atoms with E-state index >= 15 is 0 Å². The SMILES string of the molecule is c1ccc2sc([C@]34CCCC[C@H]3C3(CCCCC3)c3sc5ccccc5c34)cc2c1. The van der Waals surface area contributed by atoms with Gasteiger partial charge in [-0.2, -0.15) is 0 Å². The molecule has 2 heteroatoms. The minimum absolute atomic E-state index is 0.244. The maximum atomic E-state index is 2.58. The van der Waals surface area contributed by atoms with Crippen molar-refractivity contribution in [1.29, 1.82) is 0 Å². The highest BCUT2D eigenvalue weighted by Gasteiger charge is 2.62. The van der Waals surface area contributed by atoms with Gasteiger partial charge in [-0.3, -0.25) is 0 Å². The quantitative estimate of drug-likeness (QED) is 0.284. The van der Waals surface area contributed by atoms with Crippen LogP contribution in [-0.4, -0.2) is 0 Å². The highest BCUT2D eigenvalue weighted by Crippen LogP contribution is 2.70. The first-order chi connectivity index (χ1) is 14.8. The molecule has 0 nitrogen and oxygen atoms in total. The van der Waals surface area contributed by atoms with Gasteiger partial charge in [0, 0.05) is 30.0 Å². The van der Waals surface area contributed by atoms with E-state index in [1.54, 1.807) is 20.7 Å². The molecule has 7 rings (SSSR count). The van der Waals surface area contributed by atoms with Gasteiger partial charge in [0.15, 0.2) is 0 Å². The fourth-order valence-electron chi connectivity index (χ4n) is 7.60. The summed E-state index contributed by atoms with van der Waals surface area (Å²) >= 11 is 4.26. The molecule has 0 bridgehead atoms. The van der Waals surface area contributed by atoms with Crippen molar-refractivity contribution in [3.05, 3.63) is 69.9 Å². The maximum Gasteiger partial charge on any atom is 0.0351 e. The number of fused-ring (bicyclic) bond motifs is 8. The van der Waals surface area contributed by atoms with Crippen molar-refractivity contribution in [1.82, 2.24) is 0 Å². The Morgan fingerprint density at radius 1 is 0.733 bits per heavy atom. The Bertz CT molecular complexity index is 1220. The largest absolute Gasteiger partial charge is 0.139 e. The topological polar surface area (TPSA) is 0 Å². The Balaban J connectivity index is 1.58. The summed E-state index contributed by atoms with van der Waals surface area (Å²) in [6.45, 7) is 0. The molecule has 0 unspecified atom stereocenters. The second kappa shape index (κ2) is 6.43. The summed E-state index contributed by atoms with van der Waals surface area (Å²) in [4.78, 5) is 3.47. The molecule has 2 heterocycles. The van der Waals surface area contributed by atoms with Crippen LogP contribution in [0.3, 0.4) is 0 Å². The average molecular weight is 429 g/mol. The third-order valence-electron chi connectivity index (χ3n) is 8.68. The van der Waals surface area contributed by atoms with E-state index < -0.39 is 0 Å². The van der Waals surface area contributed by atoms with Crippen LogP contribution in [0.4, 0.5) is 0 Å². The molecular weight excluding hydrogens is 400 g/mol. The van der Waals surface area contributed by atoms with Crippen LogP contribution in [-0.2, 0) is 10.8 Å². The van der Waals surface area contributed by atoms with Gasteiger partial charge in [0.25, 0.3) is 0 Å². The highest BCUT2D eigenvalue weighted by molar-refractivity contribution is 7.20. The Kier molecular flexibility index (Phi) is 3.86. The first-order valence-corrected chi connectivity index (χ1v) is 13.5. The van der Waals surface area contributed by atoms with E-state index in [1.807, 2.05) is 0 Å². The van der Waals surface area contributed by atoms with Gasteiger partial charge in [-0.1, -0.05) is 68.5 Å². The van der Waals surface area contributed by atoms with Crippen LogP contribution in [0.15, 0.2) is 54.6 Å². The van der Waals surface area contributed by atoms with Crippen LogP contribution in [0.1, 0.15) is 73.1 Å². The van der Waals surface area contributed by atoms with E-state index in [2.05, 4.69) is 77.3 Å². The third kappa shape index (κ3) is 2.17. The summed E-state index contributed by atoms with van der Waals surface area (Å²) < 4.78 is 2.99. The molecule has 3 aliphatic rings. The van der Waals surface area contributed by atoms with Gasteiger partial charge >= 0.3 is 0 Å². The van der Waals surface area contributed by atoms with Gasteiger partial charge in [0.1, 0.15) is 0 Å². The molecule has 2 atom stereocenters. The van der Waals surface area contributed by atoms with Gasteiger partial charge in [-0.25, -0.2) is 0 Å². The van der Waals surface area contributed by atoms with Gasteiger partial charge in [0.2, 0.25) is 0 Å². The van der Waals surface area contributed by atoms with Crippen LogP contribution >= 0.6 is 22.7 Å². The zero-order valence-electron chi connectivity index (χ0n) is 17.5. The number of benzene rings is 2. The second-order valence-corrected chi connectivity index (χ2v) is 12.1. The standard InChI is InChI=1S/C28H28S2/c1-7-15-27(16-8-1)23-14-6-9-17-28(23,24-18-19-10-2-4-12-21(19)29-24)25-20-11-3-5-13-22(20)30-26(25)27/h2-5,10-13,18,23H,1,6-9,14-17H2/t23-,28-/m0/s1. The molecule has 2 saturated carbocycles. The highest BCUT2D eigenvalue weighted by atomic mass is 32.1. The summed E-state index contributed by atoms with van der Waals surface area (Å²) in [7, 11) is 0. The molecule has 0 aliphatic heterocycles. The first kappa shape index (κ1) is 18.0. The molecule has 2 aromatic heterocycles. The molecule has 4 aromatic rings. The number of rotatable bonds is 1. The monoisotopic (exact) mass is 428 g/mol. The lowest BCUT2D eigenvalue weighted by Gasteiger charge is -2.48. The molecule has 3 aliphatic carbocycles. The minimum atomic E-state index is 0.244. The van der Waals surface area contributed by atoms with Crippen LogP contribution in [0, 0.1) is 5.92 Å². The van der Waals surface area contributed by atoms with Crippen LogP contribution < -0.4 is 0 Å². The van der Waals surface area contributed by atoms with Crippen LogP contribution in [0.5, 0.6) is 0 Å². The Morgan fingerprint density at radius 2 is 1.50 bits per heavy atom. The Labute approximate surface area is 186 Å². The van der Waals surface area contributed by atoms with E-state index in [9.17, 15) is 0 Å². The fraction of sp³-hybridized carbons (Fsp3) is 0.429. The molecule has 2 aromatic carbocycles. The predicted molar refractivity (Wildman–Crippen MR) is 131 cm³/mol. The van der Waals surface area contributed by atoms with Crippen molar-refractivity contribution in [2.45, 2.75) is 68.6 Å². The van der Waals surface area contributed by atoms with Crippen molar-refractivity contribution in [2.75, 3.05) is 0 Å². The van der Waals surface area contributed by atoms with Crippen molar-refractivity contribution in [2.24, 2.45) is 5.92 Å². The first-order valence-electron chi connectivity index (χ1n) is 11.8. The summed E-state index contributed by atoms with van der Waals surface area (Å²) in [6, 6.07) is 21.0. The summed E-state index contributed by atoms with van der Waals surface area (Å²) in [5.74, 6) is 0.804. The van der Waals surface area contributed by atoms with E-state index in [1.165, 1.54) is 72.6 Å².